The van der Waals surface area contributed by atoms with E-state index >= 15 is 0 Å². The van der Waals surface area contributed by atoms with Crippen LogP contribution < -0.4 is 0 Å². The van der Waals surface area contributed by atoms with Gasteiger partial charge in [-0.2, -0.15) is 0 Å². The monoisotopic (exact) mass is 346 g/mol. The van der Waals surface area contributed by atoms with Crippen LogP contribution in [0.1, 0.15) is 26.3 Å². The lowest BCUT2D eigenvalue weighted by Crippen LogP contribution is -2.37. The summed E-state index contributed by atoms with van der Waals surface area (Å²) in [5, 5.41) is 0. The van der Waals surface area contributed by atoms with E-state index in [1.165, 1.54) is 7.11 Å². The number of hydrogen-bond acceptors (Lipinski definition) is 4. The number of carbonyl (C=O) groups excluding carboxylic acids is 1. The Kier molecular flexibility index (Phi) is 9.81. The van der Waals surface area contributed by atoms with Crippen LogP contribution in [-0.4, -0.2) is 31.9 Å². The fourth-order valence-electron chi connectivity index (χ4n) is 2.54. The molecule has 0 N–H and O–H groups in total. The van der Waals surface area contributed by atoms with Crippen LogP contribution in [0.25, 0.3) is 0 Å². The predicted octanol–water partition coefficient (Wildman–Crippen LogP) is 4.16. The van der Waals surface area contributed by atoms with Crippen molar-refractivity contribution in [1.29, 1.82) is 0 Å². The number of benzene rings is 1. The van der Waals surface area contributed by atoms with Crippen LogP contribution >= 0.6 is 0 Å². The van der Waals surface area contributed by atoms with Gasteiger partial charge in [-0.1, -0.05) is 62.4 Å². The molecule has 4 heteroatoms. The Balaban J connectivity index is 2.61. The molecule has 0 fully saturated rings. The Morgan fingerprint density at radius 3 is 2.48 bits per heavy atom. The lowest BCUT2D eigenvalue weighted by atomic mass is 10.0. The van der Waals surface area contributed by atoms with Crippen molar-refractivity contribution in [2.45, 2.75) is 39.6 Å². The second kappa shape index (κ2) is 11.6. The van der Waals surface area contributed by atoms with Crippen molar-refractivity contribution < 1.29 is 19.0 Å². The first-order valence-electron chi connectivity index (χ1n) is 8.63. The molecule has 0 saturated carbocycles. The van der Waals surface area contributed by atoms with Gasteiger partial charge in [0.25, 0.3) is 0 Å². The summed E-state index contributed by atoms with van der Waals surface area (Å²) in [6.07, 6.45) is 4.58. The third-order valence-electron chi connectivity index (χ3n) is 4.00. The maximum atomic E-state index is 12.1. The molecular formula is C21H30O4. The molecule has 1 rings (SSSR count). The molecule has 0 aliphatic heterocycles. The largest absolute Gasteiger partial charge is 0.467 e. The maximum Gasteiger partial charge on any atom is 0.335 e. The summed E-state index contributed by atoms with van der Waals surface area (Å²) in [5.41, 5.74) is 1.12. The van der Waals surface area contributed by atoms with E-state index in [1.54, 1.807) is 6.08 Å². The molecule has 0 bridgehead atoms. The average molecular weight is 346 g/mol. The minimum absolute atomic E-state index is 0.0613. The van der Waals surface area contributed by atoms with Gasteiger partial charge in [0.1, 0.15) is 0 Å². The lowest BCUT2D eigenvalue weighted by Gasteiger charge is -2.28. The SMILES string of the molecule is C=C[C@@H](O[C@@H](C(=O)OC)[C@@H](C)/C=C/C)[C@@H](C)COCc1ccccc1. The van der Waals surface area contributed by atoms with Gasteiger partial charge in [-0.3, -0.25) is 0 Å². The third-order valence-corrected chi connectivity index (χ3v) is 4.00. The zero-order valence-corrected chi connectivity index (χ0v) is 15.7. The van der Waals surface area contributed by atoms with Gasteiger partial charge in [-0.15, -0.1) is 6.58 Å². The summed E-state index contributed by atoms with van der Waals surface area (Å²) >= 11 is 0. The van der Waals surface area contributed by atoms with Gasteiger partial charge in [0.05, 0.1) is 26.4 Å². The van der Waals surface area contributed by atoms with E-state index in [0.717, 1.165) is 5.56 Å². The van der Waals surface area contributed by atoms with Gasteiger partial charge in [0.2, 0.25) is 0 Å². The number of esters is 1. The minimum atomic E-state index is -0.666. The van der Waals surface area contributed by atoms with Crippen molar-refractivity contribution in [2.24, 2.45) is 11.8 Å². The molecule has 0 unspecified atom stereocenters. The summed E-state index contributed by atoms with van der Waals surface area (Å²) in [6.45, 7) is 10.8. The average Bonchev–Trinajstić information content (AvgIpc) is 2.63. The van der Waals surface area contributed by atoms with Crippen LogP contribution in [0, 0.1) is 11.8 Å². The molecule has 0 radical (unpaired) electrons. The number of carbonyl (C=O) groups is 1. The van der Waals surface area contributed by atoms with Crippen molar-refractivity contribution in [2.75, 3.05) is 13.7 Å². The van der Waals surface area contributed by atoms with Crippen LogP contribution in [0.3, 0.4) is 0 Å². The molecule has 0 heterocycles. The second-order valence-corrected chi connectivity index (χ2v) is 6.14. The highest BCUT2D eigenvalue weighted by Crippen LogP contribution is 2.19. The lowest BCUT2D eigenvalue weighted by molar-refractivity contribution is -0.161. The van der Waals surface area contributed by atoms with E-state index in [2.05, 4.69) is 6.58 Å². The molecular weight excluding hydrogens is 316 g/mol. The van der Waals surface area contributed by atoms with Crippen LogP contribution in [0.4, 0.5) is 0 Å². The zero-order valence-electron chi connectivity index (χ0n) is 15.7. The van der Waals surface area contributed by atoms with Gasteiger partial charge in [0, 0.05) is 11.8 Å². The Hall–Kier alpha value is -1.91. The van der Waals surface area contributed by atoms with E-state index in [0.29, 0.717) is 13.2 Å². The molecule has 25 heavy (non-hydrogen) atoms. The molecule has 0 aromatic heterocycles. The van der Waals surface area contributed by atoms with Gasteiger partial charge in [-0.05, 0) is 12.5 Å². The van der Waals surface area contributed by atoms with E-state index in [4.69, 9.17) is 14.2 Å². The molecule has 1 aromatic rings. The normalized spacial score (nSPS) is 16.2. The Morgan fingerprint density at radius 2 is 1.92 bits per heavy atom. The second-order valence-electron chi connectivity index (χ2n) is 6.14. The van der Waals surface area contributed by atoms with Crippen molar-refractivity contribution in [1.82, 2.24) is 0 Å². The summed E-state index contributed by atoms with van der Waals surface area (Å²) < 4.78 is 16.7. The van der Waals surface area contributed by atoms with E-state index in [-0.39, 0.29) is 23.9 Å². The van der Waals surface area contributed by atoms with Crippen molar-refractivity contribution >= 4 is 5.97 Å². The minimum Gasteiger partial charge on any atom is -0.467 e. The quantitative estimate of drug-likeness (QED) is 0.446. The molecule has 4 atom stereocenters. The van der Waals surface area contributed by atoms with Crippen LogP contribution in [-0.2, 0) is 25.6 Å². The highest BCUT2D eigenvalue weighted by molar-refractivity contribution is 5.75. The van der Waals surface area contributed by atoms with Gasteiger partial charge >= 0.3 is 5.97 Å². The highest BCUT2D eigenvalue weighted by Gasteiger charge is 2.29. The number of ether oxygens (including phenoxy) is 3. The Labute approximate surface area is 151 Å². The Bertz CT molecular complexity index is 538. The van der Waals surface area contributed by atoms with Gasteiger partial charge < -0.3 is 14.2 Å². The maximum absolute atomic E-state index is 12.1. The van der Waals surface area contributed by atoms with E-state index in [1.807, 2.05) is 63.3 Å². The molecule has 1 aromatic carbocycles. The number of allylic oxidation sites excluding steroid dienone is 1. The number of methoxy groups -OCH3 is 1. The van der Waals surface area contributed by atoms with E-state index in [9.17, 15) is 4.79 Å². The number of hydrogen-bond donors (Lipinski definition) is 0. The van der Waals surface area contributed by atoms with Crippen molar-refractivity contribution in [3.05, 3.63) is 60.7 Å². The topological polar surface area (TPSA) is 44.8 Å². The summed E-state index contributed by atoms with van der Waals surface area (Å²) in [6, 6.07) is 10.0. The molecule has 0 aliphatic carbocycles. The van der Waals surface area contributed by atoms with Crippen LogP contribution in [0.15, 0.2) is 55.1 Å². The predicted molar refractivity (Wildman–Crippen MR) is 100 cm³/mol. The first-order valence-corrected chi connectivity index (χ1v) is 8.63. The van der Waals surface area contributed by atoms with E-state index < -0.39 is 6.10 Å². The highest BCUT2D eigenvalue weighted by atomic mass is 16.6. The molecule has 0 aliphatic rings. The van der Waals surface area contributed by atoms with Crippen molar-refractivity contribution in [3.8, 4) is 0 Å². The zero-order chi connectivity index (χ0) is 18.7. The molecule has 4 nitrogen and oxygen atoms in total. The summed E-state index contributed by atoms with van der Waals surface area (Å²) in [5.74, 6) is -0.404. The van der Waals surface area contributed by atoms with Crippen LogP contribution in [0.2, 0.25) is 0 Å². The molecule has 0 saturated heterocycles. The van der Waals surface area contributed by atoms with Crippen LogP contribution in [0.5, 0.6) is 0 Å². The summed E-state index contributed by atoms with van der Waals surface area (Å²) in [4.78, 5) is 12.1. The Morgan fingerprint density at radius 1 is 1.24 bits per heavy atom. The standard InChI is InChI=1S/C21H30O4/c1-6-11-16(3)20(21(22)23-5)25-19(7-2)17(4)14-24-15-18-12-9-8-10-13-18/h6-13,16-17,19-20H,2,14-15H2,1,3-5H3/b11-6+/t16-,17-,19+,20+/m0/s1. The molecule has 138 valence electrons. The first-order chi connectivity index (χ1) is 12.0. The third kappa shape index (κ3) is 7.24. The smallest absolute Gasteiger partial charge is 0.335 e. The molecule has 0 amide bonds. The number of rotatable bonds is 11. The van der Waals surface area contributed by atoms with Crippen molar-refractivity contribution in [3.63, 3.8) is 0 Å². The summed E-state index contributed by atoms with van der Waals surface area (Å²) in [7, 11) is 1.37. The molecule has 0 spiro atoms. The fourth-order valence-corrected chi connectivity index (χ4v) is 2.54. The first kappa shape index (κ1) is 21.1. The fraction of sp³-hybridized carbons (Fsp3) is 0.476. The van der Waals surface area contributed by atoms with Gasteiger partial charge in [-0.25, -0.2) is 4.79 Å². The van der Waals surface area contributed by atoms with Gasteiger partial charge in [0.15, 0.2) is 6.10 Å².